The molecule has 20 heavy (non-hydrogen) atoms. The van der Waals surface area contributed by atoms with Crippen LogP contribution in [0.1, 0.15) is 58.3 Å². The highest BCUT2D eigenvalue weighted by molar-refractivity contribution is 5.79. The number of nitrogens with one attached hydrogen (secondary N) is 2. The molecule has 0 aromatic rings. The lowest BCUT2D eigenvalue weighted by Crippen LogP contribution is -2.43. The van der Waals surface area contributed by atoms with E-state index in [1.807, 2.05) is 7.05 Å². The fraction of sp³-hybridized carbons (Fsp3) is 0.938. The van der Waals surface area contributed by atoms with Crippen LogP contribution < -0.4 is 10.6 Å². The second-order valence-electron chi connectivity index (χ2n) is 6.01. The van der Waals surface area contributed by atoms with Crippen molar-refractivity contribution in [3.8, 4) is 0 Å². The minimum atomic E-state index is 0.414. The van der Waals surface area contributed by atoms with Gasteiger partial charge in [0, 0.05) is 33.9 Å². The number of nitrogens with zero attached hydrogens (tertiary/aromatic N) is 1. The van der Waals surface area contributed by atoms with Crippen LogP contribution in [-0.4, -0.2) is 39.8 Å². The molecule has 1 rings (SSSR count). The number of guanidine groups is 1. The Labute approximate surface area is 124 Å². The van der Waals surface area contributed by atoms with Crippen LogP contribution in [0.15, 0.2) is 4.99 Å². The van der Waals surface area contributed by atoms with Gasteiger partial charge in [0.15, 0.2) is 5.96 Å². The topological polar surface area (TPSA) is 45.7 Å². The first kappa shape index (κ1) is 17.3. The summed E-state index contributed by atoms with van der Waals surface area (Å²) in [7, 11) is 3.65. The molecule has 0 heterocycles. The first-order valence-electron chi connectivity index (χ1n) is 8.20. The Morgan fingerprint density at radius 3 is 2.55 bits per heavy atom. The monoisotopic (exact) mass is 283 g/mol. The third kappa shape index (κ3) is 6.12. The smallest absolute Gasteiger partial charge is 0.190 e. The zero-order valence-corrected chi connectivity index (χ0v) is 13.6. The van der Waals surface area contributed by atoms with E-state index in [1.165, 1.54) is 44.9 Å². The molecule has 4 nitrogen and oxygen atoms in total. The van der Waals surface area contributed by atoms with Crippen LogP contribution in [0.3, 0.4) is 0 Å². The van der Waals surface area contributed by atoms with Gasteiger partial charge in [-0.1, -0.05) is 32.6 Å². The van der Waals surface area contributed by atoms with E-state index >= 15 is 0 Å². The van der Waals surface area contributed by atoms with Gasteiger partial charge in [-0.3, -0.25) is 4.99 Å². The van der Waals surface area contributed by atoms with Gasteiger partial charge >= 0.3 is 0 Å². The minimum Gasteiger partial charge on any atom is -0.385 e. The molecule has 0 unspecified atom stereocenters. The van der Waals surface area contributed by atoms with Gasteiger partial charge in [0.05, 0.1) is 0 Å². The van der Waals surface area contributed by atoms with E-state index in [0.717, 1.165) is 32.1 Å². The zero-order valence-electron chi connectivity index (χ0n) is 13.6. The van der Waals surface area contributed by atoms with Crippen LogP contribution in [0.5, 0.6) is 0 Å². The molecule has 0 atom stereocenters. The summed E-state index contributed by atoms with van der Waals surface area (Å²) in [4.78, 5) is 4.32. The zero-order chi connectivity index (χ0) is 14.7. The van der Waals surface area contributed by atoms with E-state index in [0.29, 0.717) is 5.41 Å². The summed E-state index contributed by atoms with van der Waals surface area (Å²) in [5, 5.41) is 6.93. The predicted molar refractivity (Wildman–Crippen MR) is 86.3 cm³/mol. The molecular formula is C16H33N3O. The summed E-state index contributed by atoms with van der Waals surface area (Å²) in [6, 6.07) is 0. The summed E-state index contributed by atoms with van der Waals surface area (Å²) >= 11 is 0. The van der Waals surface area contributed by atoms with E-state index in [4.69, 9.17) is 4.74 Å². The average molecular weight is 283 g/mol. The van der Waals surface area contributed by atoms with Crippen LogP contribution >= 0.6 is 0 Å². The fourth-order valence-electron chi connectivity index (χ4n) is 3.03. The van der Waals surface area contributed by atoms with Crippen molar-refractivity contribution in [3.05, 3.63) is 0 Å². The Morgan fingerprint density at radius 2 is 1.95 bits per heavy atom. The van der Waals surface area contributed by atoms with Crippen molar-refractivity contribution in [1.29, 1.82) is 0 Å². The highest BCUT2D eigenvalue weighted by Crippen LogP contribution is 2.40. The van der Waals surface area contributed by atoms with Crippen LogP contribution in [0.25, 0.3) is 0 Å². The lowest BCUT2D eigenvalue weighted by molar-refractivity contribution is 0.138. The third-order valence-electron chi connectivity index (χ3n) is 4.43. The van der Waals surface area contributed by atoms with Crippen LogP contribution in [0.2, 0.25) is 0 Å². The lowest BCUT2D eigenvalue weighted by atomic mass is 9.83. The van der Waals surface area contributed by atoms with E-state index in [1.54, 1.807) is 7.11 Å². The molecule has 0 aromatic carbocycles. The second-order valence-corrected chi connectivity index (χ2v) is 6.01. The highest BCUT2D eigenvalue weighted by Gasteiger charge is 2.33. The molecule has 0 radical (unpaired) electrons. The molecule has 0 aliphatic heterocycles. The van der Waals surface area contributed by atoms with Gasteiger partial charge in [0.25, 0.3) is 0 Å². The molecule has 1 aliphatic rings. The van der Waals surface area contributed by atoms with E-state index in [-0.39, 0.29) is 0 Å². The normalized spacial score (nSPS) is 18.2. The second kappa shape index (κ2) is 10.0. The highest BCUT2D eigenvalue weighted by atomic mass is 16.5. The van der Waals surface area contributed by atoms with Crippen molar-refractivity contribution in [2.45, 2.75) is 58.3 Å². The molecule has 0 amide bonds. The van der Waals surface area contributed by atoms with Gasteiger partial charge in [-0.2, -0.15) is 0 Å². The fourth-order valence-corrected chi connectivity index (χ4v) is 3.03. The van der Waals surface area contributed by atoms with Crippen molar-refractivity contribution in [2.24, 2.45) is 10.4 Å². The Morgan fingerprint density at radius 1 is 1.20 bits per heavy atom. The first-order valence-corrected chi connectivity index (χ1v) is 8.20. The molecular weight excluding hydrogens is 250 g/mol. The van der Waals surface area contributed by atoms with Crippen molar-refractivity contribution < 1.29 is 4.74 Å². The molecule has 0 spiro atoms. The molecule has 1 aliphatic carbocycles. The van der Waals surface area contributed by atoms with Gasteiger partial charge < -0.3 is 15.4 Å². The van der Waals surface area contributed by atoms with Crippen LogP contribution in [0, 0.1) is 5.41 Å². The van der Waals surface area contributed by atoms with E-state index in [2.05, 4.69) is 22.5 Å². The number of rotatable bonds is 9. The summed E-state index contributed by atoms with van der Waals surface area (Å²) in [6.07, 6.45) is 10.2. The van der Waals surface area contributed by atoms with Gasteiger partial charge in [0.1, 0.15) is 0 Å². The van der Waals surface area contributed by atoms with Crippen molar-refractivity contribution in [2.75, 3.05) is 33.9 Å². The Kier molecular flexibility index (Phi) is 8.67. The molecule has 4 heteroatoms. The number of aliphatic imine (C=N–C) groups is 1. The minimum absolute atomic E-state index is 0.414. The summed E-state index contributed by atoms with van der Waals surface area (Å²) in [5.74, 6) is 0.949. The van der Waals surface area contributed by atoms with E-state index in [9.17, 15) is 0 Å². The molecule has 0 bridgehead atoms. The number of ether oxygens (including phenoxy) is 1. The largest absolute Gasteiger partial charge is 0.385 e. The standard InChI is InChI=1S/C16H33N3O/c1-4-5-8-12-18-15(17-2)19-14-16(11-13-20-3)9-6-7-10-16/h4-14H2,1-3H3,(H2,17,18,19). The molecule has 118 valence electrons. The Hall–Kier alpha value is -0.770. The number of hydrogen-bond acceptors (Lipinski definition) is 2. The quantitative estimate of drug-likeness (QED) is 0.388. The van der Waals surface area contributed by atoms with Crippen molar-refractivity contribution >= 4 is 5.96 Å². The van der Waals surface area contributed by atoms with Crippen molar-refractivity contribution in [1.82, 2.24) is 10.6 Å². The van der Waals surface area contributed by atoms with Crippen LogP contribution in [-0.2, 0) is 4.74 Å². The Balaban J connectivity index is 2.33. The number of methoxy groups -OCH3 is 1. The summed E-state index contributed by atoms with van der Waals surface area (Å²) in [5.41, 5.74) is 0.414. The van der Waals surface area contributed by atoms with Crippen LogP contribution in [0.4, 0.5) is 0 Å². The van der Waals surface area contributed by atoms with Gasteiger partial charge in [-0.25, -0.2) is 0 Å². The summed E-state index contributed by atoms with van der Waals surface area (Å²) < 4.78 is 5.28. The molecule has 1 saturated carbocycles. The SMILES string of the molecule is CCCCCNC(=NC)NCC1(CCOC)CCCC1. The molecule has 2 N–H and O–H groups in total. The third-order valence-corrected chi connectivity index (χ3v) is 4.43. The van der Waals surface area contributed by atoms with Gasteiger partial charge in [-0.05, 0) is 31.1 Å². The first-order chi connectivity index (χ1) is 9.76. The molecule has 0 saturated heterocycles. The van der Waals surface area contributed by atoms with Gasteiger partial charge in [-0.15, -0.1) is 0 Å². The summed E-state index contributed by atoms with van der Waals surface area (Å²) in [6.45, 7) is 5.12. The Bertz CT molecular complexity index is 273. The number of unbranched alkanes of at least 4 members (excludes halogenated alkanes) is 2. The maximum Gasteiger partial charge on any atom is 0.190 e. The maximum absolute atomic E-state index is 5.28. The molecule has 1 fully saturated rings. The van der Waals surface area contributed by atoms with Gasteiger partial charge in [0.2, 0.25) is 0 Å². The lowest BCUT2D eigenvalue weighted by Gasteiger charge is -2.30. The van der Waals surface area contributed by atoms with Crippen molar-refractivity contribution in [3.63, 3.8) is 0 Å². The predicted octanol–water partition coefficient (Wildman–Crippen LogP) is 2.94. The molecule has 0 aromatic heterocycles. The number of hydrogen-bond donors (Lipinski definition) is 2. The van der Waals surface area contributed by atoms with E-state index < -0.39 is 0 Å². The average Bonchev–Trinajstić information content (AvgIpc) is 2.94. The maximum atomic E-state index is 5.28.